The Kier molecular flexibility index (Phi) is 7.00. The molecule has 0 fully saturated rings. The normalized spacial score (nSPS) is 10.2. The van der Waals surface area contributed by atoms with Crippen LogP contribution in [-0.2, 0) is 11.4 Å². The van der Waals surface area contributed by atoms with Crippen molar-refractivity contribution in [3.8, 4) is 11.5 Å². The van der Waals surface area contributed by atoms with Gasteiger partial charge in [-0.3, -0.25) is 14.6 Å². The van der Waals surface area contributed by atoms with E-state index in [1.807, 2.05) is 12.1 Å². The van der Waals surface area contributed by atoms with E-state index in [0.29, 0.717) is 29.4 Å². The monoisotopic (exact) mass is 405 g/mol. The number of rotatable bonds is 8. The Bertz CT molecular complexity index is 991. The van der Waals surface area contributed by atoms with Crippen molar-refractivity contribution in [3.63, 3.8) is 0 Å². The van der Waals surface area contributed by atoms with Crippen LogP contribution in [0.15, 0.2) is 73.1 Å². The second-order valence-corrected chi connectivity index (χ2v) is 6.61. The van der Waals surface area contributed by atoms with Gasteiger partial charge in [-0.1, -0.05) is 6.07 Å². The van der Waals surface area contributed by atoms with Gasteiger partial charge in [-0.05, 0) is 54.1 Å². The van der Waals surface area contributed by atoms with Crippen LogP contribution < -0.4 is 14.8 Å². The van der Waals surface area contributed by atoms with Crippen molar-refractivity contribution in [2.24, 2.45) is 0 Å². The first kappa shape index (κ1) is 20.9. The van der Waals surface area contributed by atoms with Crippen molar-refractivity contribution in [2.45, 2.75) is 6.61 Å². The first-order chi connectivity index (χ1) is 14.5. The van der Waals surface area contributed by atoms with Gasteiger partial charge in [0.15, 0.2) is 0 Å². The number of likely N-dealkylation sites (N-methyl/N-ethyl adjacent to an activating group) is 1. The Morgan fingerprint density at radius 1 is 1.00 bits per heavy atom. The molecular formula is C23H23N3O4. The SMILES string of the molecule is COc1cccc(NC(=O)CN(C)C(=O)c2ccc(OCc3ccncc3)cc2)c1. The summed E-state index contributed by atoms with van der Waals surface area (Å²) in [5, 5.41) is 2.76. The number of nitrogens with zero attached hydrogens (tertiary/aromatic N) is 2. The van der Waals surface area contributed by atoms with Crippen LogP contribution in [0.4, 0.5) is 5.69 Å². The number of nitrogens with one attached hydrogen (secondary N) is 1. The Balaban J connectivity index is 1.52. The Labute approximate surface area is 175 Å². The molecule has 1 heterocycles. The minimum atomic E-state index is -0.295. The lowest BCUT2D eigenvalue weighted by atomic mass is 10.2. The van der Waals surface area contributed by atoms with Gasteiger partial charge in [0.1, 0.15) is 18.1 Å². The molecule has 0 aliphatic rings. The Hall–Kier alpha value is -3.87. The number of hydrogen-bond donors (Lipinski definition) is 1. The topological polar surface area (TPSA) is 80.8 Å². The largest absolute Gasteiger partial charge is 0.497 e. The molecule has 1 N–H and O–H groups in total. The van der Waals surface area contributed by atoms with Crippen LogP contribution in [0.25, 0.3) is 0 Å². The average Bonchev–Trinajstić information content (AvgIpc) is 2.78. The molecule has 0 aliphatic heterocycles. The predicted molar refractivity (Wildman–Crippen MR) is 114 cm³/mol. The summed E-state index contributed by atoms with van der Waals surface area (Å²) in [6, 6.07) is 17.6. The van der Waals surface area contributed by atoms with Crippen molar-refractivity contribution < 1.29 is 19.1 Å². The highest BCUT2D eigenvalue weighted by Crippen LogP contribution is 2.17. The van der Waals surface area contributed by atoms with E-state index in [9.17, 15) is 9.59 Å². The van der Waals surface area contributed by atoms with E-state index in [-0.39, 0.29) is 18.4 Å². The van der Waals surface area contributed by atoms with Crippen molar-refractivity contribution in [2.75, 3.05) is 26.0 Å². The zero-order valence-electron chi connectivity index (χ0n) is 16.9. The number of anilines is 1. The van der Waals surface area contributed by atoms with Crippen molar-refractivity contribution in [3.05, 3.63) is 84.2 Å². The van der Waals surface area contributed by atoms with Gasteiger partial charge in [0, 0.05) is 36.8 Å². The minimum Gasteiger partial charge on any atom is -0.497 e. The second-order valence-electron chi connectivity index (χ2n) is 6.61. The van der Waals surface area contributed by atoms with Crippen molar-refractivity contribution >= 4 is 17.5 Å². The number of amides is 2. The first-order valence-corrected chi connectivity index (χ1v) is 9.36. The van der Waals surface area contributed by atoms with E-state index < -0.39 is 0 Å². The van der Waals surface area contributed by atoms with Crippen LogP contribution in [0.5, 0.6) is 11.5 Å². The van der Waals surface area contributed by atoms with E-state index in [1.54, 1.807) is 75.1 Å². The fourth-order valence-electron chi connectivity index (χ4n) is 2.75. The molecule has 0 radical (unpaired) electrons. The molecule has 1 aromatic heterocycles. The number of benzene rings is 2. The molecule has 3 rings (SSSR count). The smallest absolute Gasteiger partial charge is 0.254 e. The highest BCUT2D eigenvalue weighted by atomic mass is 16.5. The molecule has 0 saturated heterocycles. The number of carbonyl (C=O) groups excluding carboxylic acids is 2. The van der Waals surface area contributed by atoms with Crippen LogP contribution in [0, 0.1) is 0 Å². The number of methoxy groups -OCH3 is 1. The van der Waals surface area contributed by atoms with Gasteiger partial charge in [0.25, 0.3) is 5.91 Å². The van der Waals surface area contributed by atoms with E-state index in [1.165, 1.54) is 4.90 Å². The van der Waals surface area contributed by atoms with Crippen molar-refractivity contribution in [1.29, 1.82) is 0 Å². The lowest BCUT2D eigenvalue weighted by Crippen LogP contribution is -2.34. The molecular weight excluding hydrogens is 382 g/mol. The van der Waals surface area contributed by atoms with Crippen LogP contribution in [0.2, 0.25) is 0 Å². The van der Waals surface area contributed by atoms with Gasteiger partial charge >= 0.3 is 0 Å². The van der Waals surface area contributed by atoms with Gasteiger partial charge < -0.3 is 19.7 Å². The van der Waals surface area contributed by atoms with Gasteiger partial charge in [-0.15, -0.1) is 0 Å². The predicted octanol–water partition coefficient (Wildman–Crippen LogP) is 3.38. The maximum atomic E-state index is 12.6. The number of pyridine rings is 1. The third kappa shape index (κ3) is 5.81. The van der Waals surface area contributed by atoms with Gasteiger partial charge in [0.2, 0.25) is 5.91 Å². The number of hydrogen-bond acceptors (Lipinski definition) is 5. The van der Waals surface area contributed by atoms with Gasteiger partial charge in [0.05, 0.1) is 13.7 Å². The third-order valence-electron chi connectivity index (χ3n) is 4.34. The van der Waals surface area contributed by atoms with Crippen LogP contribution in [0.3, 0.4) is 0 Å². The van der Waals surface area contributed by atoms with Crippen LogP contribution in [-0.4, -0.2) is 42.4 Å². The van der Waals surface area contributed by atoms with E-state index in [2.05, 4.69) is 10.3 Å². The molecule has 0 spiro atoms. The summed E-state index contributed by atoms with van der Waals surface area (Å²) in [6.45, 7) is 0.344. The molecule has 3 aromatic rings. The molecule has 7 nitrogen and oxygen atoms in total. The lowest BCUT2D eigenvalue weighted by Gasteiger charge is -2.17. The molecule has 0 aliphatic carbocycles. The highest BCUT2D eigenvalue weighted by Gasteiger charge is 2.15. The highest BCUT2D eigenvalue weighted by molar-refractivity contribution is 5.99. The summed E-state index contributed by atoms with van der Waals surface area (Å²) in [7, 11) is 3.14. The maximum Gasteiger partial charge on any atom is 0.254 e. The second kappa shape index (κ2) is 10.1. The number of carbonyl (C=O) groups is 2. The molecule has 154 valence electrons. The molecule has 2 aromatic carbocycles. The number of aromatic nitrogens is 1. The number of ether oxygens (including phenoxy) is 2. The van der Waals surface area contributed by atoms with E-state index in [4.69, 9.17) is 9.47 Å². The summed E-state index contributed by atoms with van der Waals surface area (Å²) in [4.78, 5) is 30.2. The summed E-state index contributed by atoms with van der Waals surface area (Å²) in [6.07, 6.45) is 3.42. The fourth-order valence-corrected chi connectivity index (χ4v) is 2.75. The zero-order valence-corrected chi connectivity index (χ0v) is 16.9. The molecule has 0 unspecified atom stereocenters. The van der Waals surface area contributed by atoms with Crippen LogP contribution >= 0.6 is 0 Å². The van der Waals surface area contributed by atoms with Gasteiger partial charge in [-0.25, -0.2) is 0 Å². The fraction of sp³-hybridized carbons (Fsp3) is 0.174. The molecule has 0 bridgehead atoms. The third-order valence-corrected chi connectivity index (χ3v) is 4.34. The maximum absolute atomic E-state index is 12.6. The molecule has 0 atom stereocenters. The average molecular weight is 405 g/mol. The first-order valence-electron chi connectivity index (χ1n) is 9.36. The summed E-state index contributed by atoms with van der Waals surface area (Å²) >= 11 is 0. The standard InChI is InChI=1S/C23H23N3O4/c1-26(15-22(27)25-19-4-3-5-21(14-19)29-2)23(28)18-6-8-20(9-7-18)30-16-17-10-12-24-13-11-17/h3-14H,15-16H2,1-2H3,(H,25,27). The summed E-state index contributed by atoms with van der Waals surface area (Å²) in [5.74, 6) is 0.748. The zero-order chi connectivity index (χ0) is 21.3. The Morgan fingerprint density at radius 3 is 2.43 bits per heavy atom. The lowest BCUT2D eigenvalue weighted by molar-refractivity contribution is -0.116. The van der Waals surface area contributed by atoms with Crippen LogP contribution in [0.1, 0.15) is 15.9 Å². The summed E-state index contributed by atoms with van der Waals surface area (Å²) < 4.78 is 10.8. The molecule has 2 amide bonds. The van der Waals surface area contributed by atoms with E-state index >= 15 is 0 Å². The molecule has 30 heavy (non-hydrogen) atoms. The molecule has 7 heteroatoms. The summed E-state index contributed by atoms with van der Waals surface area (Å²) in [5.41, 5.74) is 2.09. The van der Waals surface area contributed by atoms with E-state index in [0.717, 1.165) is 5.56 Å². The molecule has 0 saturated carbocycles. The van der Waals surface area contributed by atoms with Gasteiger partial charge in [-0.2, -0.15) is 0 Å². The quantitative estimate of drug-likeness (QED) is 0.621. The minimum absolute atomic E-state index is 0.0731. The van der Waals surface area contributed by atoms with Crippen molar-refractivity contribution in [1.82, 2.24) is 9.88 Å². The Morgan fingerprint density at radius 2 is 1.73 bits per heavy atom.